The fourth-order valence-electron chi connectivity index (χ4n) is 3.07. The number of nitrogens with two attached hydrogens (primary N) is 2. The van der Waals surface area contributed by atoms with E-state index in [9.17, 15) is 9.18 Å². The van der Waals surface area contributed by atoms with Crippen LogP contribution in [0, 0.1) is 12.7 Å². The van der Waals surface area contributed by atoms with E-state index in [1.54, 1.807) is 12.3 Å². The number of pyridine rings is 2. The minimum atomic E-state index is -0.764. The molecular formula is C18H23FN6O. The smallest absolute Gasteiger partial charge is 0.252 e. The highest BCUT2D eigenvalue weighted by Gasteiger charge is 2.24. The number of amides is 1. The van der Waals surface area contributed by atoms with Gasteiger partial charge in [-0.15, -0.1) is 0 Å². The van der Waals surface area contributed by atoms with Crippen molar-refractivity contribution in [3.05, 3.63) is 41.5 Å². The minimum Gasteiger partial charge on any atom is -0.365 e. The van der Waals surface area contributed by atoms with Crippen LogP contribution >= 0.6 is 0 Å². The van der Waals surface area contributed by atoms with Crippen LogP contribution in [0.3, 0.4) is 0 Å². The zero-order valence-electron chi connectivity index (χ0n) is 14.6. The Morgan fingerprint density at radius 1 is 1.27 bits per heavy atom. The molecule has 0 spiro atoms. The van der Waals surface area contributed by atoms with E-state index in [2.05, 4.69) is 20.6 Å². The van der Waals surface area contributed by atoms with Gasteiger partial charge >= 0.3 is 0 Å². The number of hydrogen-bond acceptors (Lipinski definition) is 6. The summed E-state index contributed by atoms with van der Waals surface area (Å²) in [5, 5.41) is 6.07. The van der Waals surface area contributed by atoms with E-state index < -0.39 is 11.7 Å². The van der Waals surface area contributed by atoms with Gasteiger partial charge in [-0.25, -0.2) is 9.37 Å². The summed E-state index contributed by atoms with van der Waals surface area (Å²) >= 11 is 0. The Morgan fingerprint density at radius 3 is 2.69 bits per heavy atom. The van der Waals surface area contributed by atoms with Gasteiger partial charge in [-0.2, -0.15) is 0 Å². The van der Waals surface area contributed by atoms with Gasteiger partial charge in [0.2, 0.25) is 0 Å². The fraction of sp³-hybridized carbons (Fsp3) is 0.389. The molecule has 2 heterocycles. The van der Waals surface area contributed by atoms with Crippen LogP contribution in [-0.4, -0.2) is 28.0 Å². The highest BCUT2D eigenvalue weighted by atomic mass is 19.1. The molecule has 8 heteroatoms. The molecule has 26 heavy (non-hydrogen) atoms. The lowest BCUT2D eigenvalue weighted by Gasteiger charge is -2.30. The number of halogens is 1. The molecule has 0 radical (unpaired) electrons. The predicted octanol–water partition coefficient (Wildman–Crippen LogP) is 2.45. The summed E-state index contributed by atoms with van der Waals surface area (Å²) < 4.78 is 14.5. The van der Waals surface area contributed by atoms with E-state index >= 15 is 0 Å². The Hall–Kier alpha value is -2.74. The van der Waals surface area contributed by atoms with Crippen LogP contribution < -0.4 is 22.1 Å². The van der Waals surface area contributed by atoms with Gasteiger partial charge in [0.15, 0.2) is 11.6 Å². The van der Waals surface area contributed by atoms with Crippen molar-refractivity contribution >= 4 is 23.2 Å². The van der Waals surface area contributed by atoms with E-state index in [-0.39, 0.29) is 29.3 Å². The van der Waals surface area contributed by atoms with Crippen molar-refractivity contribution in [2.75, 3.05) is 10.6 Å². The van der Waals surface area contributed by atoms with Gasteiger partial charge in [0.25, 0.3) is 5.91 Å². The van der Waals surface area contributed by atoms with Crippen LogP contribution in [0.5, 0.6) is 0 Å². The number of anilines is 3. The van der Waals surface area contributed by atoms with Gasteiger partial charge in [0.05, 0.1) is 17.4 Å². The number of aryl methyl sites for hydroxylation is 1. The molecule has 2 aromatic rings. The molecule has 0 aromatic carbocycles. The maximum Gasteiger partial charge on any atom is 0.252 e. The molecule has 6 N–H and O–H groups in total. The predicted molar refractivity (Wildman–Crippen MR) is 98.8 cm³/mol. The van der Waals surface area contributed by atoms with Crippen LogP contribution in [0.15, 0.2) is 24.4 Å². The Balaban J connectivity index is 1.90. The van der Waals surface area contributed by atoms with Crippen LogP contribution in [-0.2, 0) is 0 Å². The Labute approximate surface area is 151 Å². The number of hydrogen-bond donors (Lipinski definition) is 4. The molecule has 0 unspecified atom stereocenters. The average Bonchev–Trinajstić information content (AvgIpc) is 2.61. The molecule has 138 valence electrons. The van der Waals surface area contributed by atoms with Gasteiger partial charge < -0.3 is 22.1 Å². The molecule has 1 amide bonds. The third-order valence-corrected chi connectivity index (χ3v) is 4.56. The van der Waals surface area contributed by atoms with Crippen LogP contribution in [0.4, 0.5) is 21.7 Å². The molecule has 3 rings (SSSR count). The maximum absolute atomic E-state index is 14.5. The van der Waals surface area contributed by atoms with Gasteiger partial charge in [0, 0.05) is 17.8 Å². The van der Waals surface area contributed by atoms with Crippen molar-refractivity contribution in [1.82, 2.24) is 9.97 Å². The zero-order valence-corrected chi connectivity index (χ0v) is 14.6. The Kier molecular flexibility index (Phi) is 5.32. The monoisotopic (exact) mass is 358 g/mol. The van der Waals surface area contributed by atoms with Crippen molar-refractivity contribution < 1.29 is 9.18 Å². The summed E-state index contributed by atoms with van der Waals surface area (Å²) in [6.07, 6.45) is 5.45. The third kappa shape index (κ3) is 4.08. The molecule has 0 aliphatic heterocycles. The zero-order chi connectivity index (χ0) is 18.7. The standard InChI is InChI=1S/C18H23FN6O/c1-10-6-7-11(9-22-10)23-17-12(16(21)26)8-13(19)18(25-17)24-15-5-3-2-4-14(15)20/h6-9,14-15H,2-5,20H2,1H3,(H2,21,26)(H2,23,24,25)/t14-,15+/m0/s1. The number of nitrogens with zero attached hydrogens (tertiary/aromatic N) is 2. The topological polar surface area (TPSA) is 119 Å². The molecule has 1 aliphatic carbocycles. The Morgan fingerprint density at radius 2 is 2.04 bits per heavy atom. The molecule has 0 saturated heterocycles. The van der Waals surface area contributed by atoms with Crippen LogP contribution in [0.25, 0.3) is 0 Å². The maximum atomic E-state index is 14.5. The summed E-state index contributed by atoms with van der Waals surface area (Å²) in [6, 6.07) is 4.59. The summed E-state index contributed by atoms with van der Waals surface area (Å²) in [5.41, 5.74) is 12.9. The molecule has 1 fully saturated rings. The van der Waals surface area contributed by atoms with Gasteiger partial charge in [-0.1, -0.05) is 12.8 Å². The van der Waals surface area contributed by atoms with E-state index in [4.69, 9.17) is 11.5 Å². The largest absolute Gasteiger partial charge is 0.365 e. The minimum absolute atomic E-state index is 0.0263. The number of primary amides is 1. The normalized spacial score (nSPS) is 19.8. The second-order valence-corrected chi connectivity index (χ2v) is 6.59. The summed E-state index contributed by atoms with van der Waals surface area (Å²) in [4.78, 5) is 20.1. The highest BCUT2D eigenvalue weighted by Crippen LogP contribution is 2.26. The first-order valence-corrected chi connectivity index (χ1v) is 8.66. The summed E-state index contributed by atoms with van der Waals surface area (Å²) in [5.74, 6) is -1.17. The molecular weight excluding hydrogens is 335 g/mol. The molecule has 1 saturated carbocycles. The second-order valence-electron chi connectivity index (χ2n) is 6.59. The average molecular weight is 358 g/mol. The van der Waals surface area contributed by atoms with E-state index in [1.807, 2.05) is 13.0 Å². The third-order valence-electron chi connectivity index (χ3n) is 4.56. The number of rotatable bonds is 5. The van der Waals surface area contributed by atoms with Crippen molar-refractivity contribution in [1.29, 1.82) is 0 Å². The first kappa shape index (κ1) is 18.1. The molecule has 7 nitrogen and oxygen atoms in total. The van der Waals surface area contributed by atoms with E-state index in [0.29, 0.717) is 5.69 Å². The van der Waals surface area contributed by atoms with Crippen LogP contribution in [0.1, 0.15) is 41.7 Å². The quantitative estimate of drug-likeness (QED) is 0.652. The van der Waals surface area contributed by atoms with Crippen molar-refractivity contribution in [2.24, 2.45) is 11.5 Å². The molecule has 2 atom stereocenters. The lowest BCUT2D eigenvalue weighted by molar-refractivity contribution is 0.100. The SMILES string of the molecule is Cc1ccc(Nc2nc(N[C@@H]3CCCC[C@@H]3N)c(F)cc2C(N)=O)cn1. The summed E-state index contributed by atoms with van der Waals surface area (Å²) in [6.45, 7) is 1.87. The van der Waals surface area contributed by atoms with E-state index in [0.717, 1.165) is 37.4 Å². The molecule has 0 bridgehead atoms. The highest BCUT2D eigenvalue weighted by molar-refractivity contribution is 5.98. The van der Waals surface area contributed by atoms with Crippen LogP contribution in [0.2, 0.25) is 0 Å². The van der Waals surface area contributed by atoms with Gasteiger partial charge in [-0.05, 0) is 38.0 Å². The van der Waals surface area contributed by atoms with Crippen molar-refractivity contribution in [3.63, 3.8) is 0 Å². The number of carbonyl (C=O) groups excluding carboxylic acids is 1. The molecule has 1 aliphatic rings. The molecule has 2 aromatic heterocycles. The van der Waals surface area contributed by atoms with Crippen molar-refractivity contribution in [3.8, 4) is 0 Å². The van der Waals surface area contributed by atoms with E-state index in [1.165, 1.54) is 0 Å². The summed E-state index contributed by atoms with van der Waals surface area (Å²) in [7, 11) is 0. The number of aromatic nitrogens is 2. The second kappa shape index (κ2) is 7.65. The fourth-order valence-corrected chi connectivity index (χ4v) is 3.07. The Bertz CT molecular complexity index is 795. The van der Waals surface area contributed by atoms with Crippen molar-refractivity contribution in [2.45, 2.75) is 44.7 Å². The first-order chi connectivity index (χ1) is 12.4. The first-order valence-electron chi connectivity index (χ1n) is 8.66. The number of nitrogens with one attached hydrogen (secondary N) is 2. The van der Waals surface area contributed by atoms with Gasteiger partial charge in [0.1, 0.15) is 5.82 Å². The lowest BCUT2D eigenvalue weighted by Crippen LogP contribution is -2.43. The van der Waals surface area contributed by atoms with Gasteiger partial charge in [-0.3, -0.25) is 9.78 Å². The lowest BCUT2D eigenvalue weighted by atomic mass is 9.91. The number of carbonyl (C=O) groups is 1.